The van der Waals surface area contributed by atoms with Crippen LogP contribution in [0, 0.1) is 5.41 Å². The summed E-state index contributed by atoms with van der Waals surface area (Å²) >= 11 is 0. The summed E-state index contributed by atoms with van der Waals surface area (Å²) in [6.45, 7) is 4.09. The molecule has 2 fully saturated rings. The van der Waals surface area contributed by atoms with Gasteiger partial charge in [0.25, 0.3) is 0 Å². The van der Waals surface area contributed by atoms with E-state index in [1.165, 1.54) is 32.1 Å². The van der Waals surface area contributed by atoms with Gasteiger partial charge in [0.15, 0.2) is 0 Å². The fourth-order valence-corrected chi connectivity index (χ4v) is 3.07. The van der Waals surface area contributed by atoms with Gasteiger partial charge in [-0.25, -0.2) is 0 Å². The van der Waals surface area contributed by atoms with Crippen molar-refractivity contribution in [1.29, 1.82) is 0 Å². The van der Waals surface area contributed by atoms with Gasteiger partial charge in [0.2, 0.25) is 5.91 Å². The lowest BCUT2D eigenvalue weighted by Crippen LogP contribution is -2.40. The maximum absolute atomic E-state index is 11.8. The average molecular weight is 210 g/mol. The molecular formula is C12H22N2O. The van der Waals surface area contributed by atoms with Gasteiger partial charge >= 0.3 is 0 Å². The van der Waals surface area contributed by atoms with E-state index in [0.29, 0.717) is 5.41 Å². The minimum absolute atomic E-state index is 0.176. The molecule has 86 valence electrons. The van der Waals surface area contributed by atoms with Crippen LogP contribution in [-0.2, 0) is 4.79 Å². The van der Waals surface area contributed by atoms with Crippen molar-refractivity contribution in [3.63, 3.8) is 0 Å². The predicted molar refractivity (Wildman–Crippen MR) is 60.4 cm³/mol. The van der Waals surface area contributed by atoms with Crippen LogP contribution in [-0.4, -0.2) is 29.9 Å². The van der Waals surface area contributed by atoms with Crippen molar-refractivity contribution in [2.75, 3.05) is 13.1 Å². The SMILES string of the molecule is CCC1(CN2CCC(N)C2=O)CCCC1. The first-order valence-electron chi connectivity index (χ1n) is 6.21. The fourth-order valence-electron chi connectivity index (χ4n) is 3.07. The van der Waals surface area contributed by atoms with E-state index in [2.05, 4.69) is 6.92 Å². The molecule has 1 aliphatic heterocycles. The Morgan fingerprint density at radius 2 is 2.13 bits per heavy atom. The largest absolute Gasteiger partial charge is 0.341 e. The van der Waals surface area contributed by atoms with Crippen molar-refractivity contribution in [2.24, 2.45) is 11.1 Å². The van der Waals surface area contributed by atoms with E-state index in [-0.39, 0.29) is 11.9 Å². The van der Waals surface area contributed by atoms with Crippen molar-refractivity contribution in [2.45, 2.75) is 51.5 Å². The van der Waals surface area contributed by atoms with Gasteiger partial charge < -0.3 is 10.6 Å². The molecule has 3 nitrogen and oxygen atoms in total. The number of rotatable bonds is 3. The maximum Gasteiger partial charge on any atom is 0.239 e. The Balaban J connectivity index is 1.98. The molecule has 1 heterocycles. The molecule has 3 heteroatoms. The highest BCUT2D eigenvalue weighted by Crippen LogP contribution is 2.42. The molecule has 0 bridgehead atoms. The van der Waals surface area contributed by atoms with Gasteiger partial charge in [-0.2, -0.15) is 0 Å². The third kappa shape index (κ3) is 2.03. The van der Waals surface area contributed by atoms with Crippen LogP contribution in [0.15, 0.2) is 0 Å². The molecule has 0 spiro atoms. The number of hydrogen-bond donors (Lipinski definition) is 1. The second kappa shape index (κ2) is 4.12. The van der Waals surface area contributed by atoms with Crippen LogP contribution >= 0.6 is 0 Å². The Kier molecular flexibility index (Phi) is 3.01. The number of hydrogen-bond acceptors (Lipinski definition) is 2. The Morgan fingerprint density at radius 3 is 2.60 bits per heavy atom. The molecule has 1 unspecified atom stereocenters. The van der Waals surface area contributed by atoms with Crippen LogP contribution in [0.2, 0.25) is 0 Å². The van der Waals surface area contributed by atoms with Crippen molar-refractivity contribution in [3.8, 4) is 0 Å². The van der Waals surface area contributed by atoms with E-state index >= 15 is 0 Å². The van der Waals surface area contributed by atoms with E-state index in [4.69, 9.17) is 5.73 Å². The molecule has 2 aliphatic rings. The highest BCUT2D eigenvalue weighted by atomic mass is 16.2. The molecule has 0 aromatic carbocycles. The Labute approximate surface area is 92.0 Å². The summed E-state index contributed by atoms with van der Waals surface area (Å²) in [5, 5.41) is 0. The molecule has 1 saturated heterocycles. The lowest BCUT2D eigenvalue weighted by atomic mass is 9.83. The molecule has 0 radical (unpaired) electrons. The van der Waals surface area contributed by atoms with E-state index in [9.17, 15) is 4.79 Å². The van der Waals surface area contributed by atoms with Gasteiger partial charge in [0.05, 0.1) is 6.04 Å². The molecule has 1 aliphatic carbocycles. The number of carbonyl (C=O) groups excluding carboxylic acids is 1. The standard InChI is InChI=1S/C12H22N2O/c1-2-12(6-3-4-7-12)9-14-8-5-10(13)11(14)15/h10H,2-9,13H2,1H3. The van der Waals surface area contributed by atoms with Gasteiger partial charge in [-0.15, -0.1) is 0 Å². The number of nitrogens with two attached hydrogens (primary N) is 1. The van der Waals surface area contributed by atoms with Crippen LogP contribution in [0.4, 0.5) is 0 Å². The number of likely N-dealkylation sites (tertiary alicyclic amines) is 1. The van der Waals surface area contributed by atoms with Gasteiger partial charge in [-0.3, -0.25) is 4.79 Å². The summed E-state index contributed by atoms with van der Waals surface area (Å²) in [4.78, 5) is 13.8. The van der Waals surface area contributed by atoms with E-state index < -0.39 is 0 Å². The van der Waals surface area contributed by atoms with Gasteiger partial charge in [-0.05, 0) is 31.1 Å². The maximum atomic E-state index is 11.8. The third-order valence-corrected chi connectivity index (χ3v) is 4.28. The molecule has 2 rings (SSSR count). The minimum atomic E-state index is -0.222. The van der Waals surface area contributed by atoms with Gasteiger partial charge in [-0.1, -0.05) is 19.8 Å². The number of nitrogens with zero attached hydrogens (tertiary/aromatic N) is 1. The molecule has 1 atom stereocenters. The first kappa shape index (κ1) is 10.9. The number of amides is 1. The summed E-state index contributed by atoms with van der Waals surface area (Å²) in [6, 6.07) is -0.222. The number of carbonyl (C=O) groups is 1. The second-order valence-electron chi connectivity index (χ2n) is 5.22. The van der Waals surface area contributed by atoms with Gasteiger partial charge in [0.1, 0.15) is 0 Å². The summed E-state index contributed by atoms with van der Waals surface area (Å²) < 4.78 is 0. The summed E-state index contributed by atoms with van der Waals surface area (Å²) in [5.41, 5.74) is 6.15. The highest BCUT2D eigenvalue weighted by Gasteiger charge is 2.38. The van der Waals surface area contributed by atoms with Crippen molar-refractivity contribution < 1.29 is 4.79 Å². The van der Waals surface area contributed by atoms with Crippen molar-refractivity contribution in [1.82, 2.24) is 4.90 Å². The minimum Gasteiger partial charge on any atom is -0.341 e. The van der Waals surface area contributed by atoms with Crippen molar-refractivity contribution >= 4 is 5.91 Å². The topological polar surface area (TPSA) is 46.3 Å². The molecule has 0 aromatic rings. The van der Waals surface area contributed by atoms with Crippen LogP contribution in [0.1, 0.15) is 45.4 Å². The fraction of sp³-hybridized carbons (Fsp3) is 0.917. The van der Waals surface area contributed by atoms with E-state index in [0.717, 1.165) is 19.5 Å². The van der Waals surface area contributed by atoms with E-state index in [1.54, 1.807) is 0 Å². The monoisotopic (exact) mass is 210 g/mol. The lowest BCUT2D eigenvalue weighted by Gasteiger charge is -2.32. The van der Waals surface area contributed by atoms with Crippen LogP contribution in [0.5, 0.6) is 0 Å². The first-order valence-corrected chi connectivity index (χ1v) is 6.21. The first-order chi connectivity index (χ1) is 7.17. The molecule has 0 aromatic heterocycles. The van der Waals surface area contributed by atoms with Gasteiger partial charge in [0, 0.05) is 13.1 Å². The zero-order valence-electron chi connectivity index (χ0n) is 9.67. The molecule has 2 N–H and O–H groups in total. The normalized spacial score (nSPS) is 30.1. The zero-order valence-corrected chi connectivity index (χ0v) is 9.67. The third-order valence-electron chi connectivity index (χ3n) is 4.28. The summed E-state index contributed by atoms with van der Waals surface area (Å²) in [5.74, 6) is 0.176. The molecule has 1 amide bonds. The Hall–Kier alpha value is -0.570. The predicted octanol–water partition coefficient (Wildman–Crippen LogP) is 1.52. The highest BCUT2D eigenvalue weighted by molar-refractivity contribution is 5.83. The van der Waals surface area contributed by atoms with Crippen molar-refractivity contribution in [3.05, 3.63) is 0 Å². The summed E-state index contributed by atoms with van der Waals surface area (Å²) in [6.07, 6.45) is 7.31. The Morgan fingerprint density at radius 1 is 1.47 bits per heavy atom. The van der Waals surface area contributed by atoms with Crippen LogP contribution < -0.4 is 5.73 Å². The smallest absolute Gasteiger partial charge is 0.239 e. The average Bonchev–Trinajstić information content (AvgIpc) is 2.82. The summed E-state index contributed by atoms with van der Waals surface area (Å²) in [7, 11) is 0. The van der Waals surface area contributed by atoms with Crippen LogP contribution in [0.25, 0.3) is 0 Å². The molecular weight excluding hydrogens is 188 g/mol. The molecule has 15 heavy (non-hydrogen) atoms. The van der Waals surface area contributed by atoms with E-state index in [1.807, 2.05) is 4.90 Å². The molecule has 1 saturated carbocycles. The van der Waals surface area contributed by atoms with Crippen LogP contribution in [0.3, 0.4) is 0 Å². The zero-order chi connectivity index (χ0) is 10.9. The quantitative estimate of drug-likeness (QED) is 0.767. The Bertz CT molecular complexity index is 246. The lowest BCUT2D eigenvalue weighted by molar-refractivity contribution is -0.130. The second-order valence-corrected chi connectivity index (χ2v) is 5.22.